The Morgan fingerprint density at radius 2 is 2.29 bits per heavy atom. The lowest BCUT2D eigenvalue weighted by Gasteiger charge is -2.04. The Bertz CT molecular complexity index is 518. The maximum atomic E-state index is 11.4. The van der Waals surface area contributed by atoms with Crippen LogP contribution in [0.25, 0.3) is 0 Å². The molecule has 0 atom stereocenters. The van der Waals surface area contributed by atoms with Crippen LogP contribution in [-0.4, -0.2) is 22.6 Å². The minimum atomic E-state index is -0.907. The van der Waals surface area contributed by atoms with Gasteiger partial charge < -0.3 is 9.84 Å². The van der Waals surface area contributed by atoms with Crippen LogP contribution in [0.2, 0.25) is 0 Å². The fraction of sp³-hybridized carbons (Fsp3) is 0.200. The maximum absolute atomic E-state index is 11.4. The molecule has 0 radical (unpaired) electrons. The maximum Gasteiger partial charge on any atom is 0.345 e. The summed E-state index contributed by atoms with van der Waals surface area (Å²) in [5, 5.41) is 28.8. The molecule has 1 rings (SSSR count). The predicted molar refractivity (Wildman–Crippen MR) is 55.4 cm³/mol. The molecule has 1 aromatic carbocycles. The highest BCUT2D eigenvalue weighted by Crippen LogP contribution is 2.30. The van der Waals surface area contributed by atoms with Gasteiger partial charge in [-0.15, -0.1) is 0 Å². The summed E-state index contributed by atoms with van der Waals surface area (Å²) < 4.78 is 4.62. The van der Waals surface area contributed by atoms with Crippen LogP contribution in [0.3, 0.4) is 0 Å². The molecule has 0 aliphatic carbocycles. The smallest absolute Gasteiger partial charge is 0.345 e. The van der Waals surface area contributed by atoms with E-state index in [1.807, 2.05) is 0 Å². The van der Waals surface area contributed by atoms with Gasteiger partial charge in [-0.1, -0.05) is 0 Å². The molecule has 17 heavy (non-hydrogen) atoms. The number of hydrogen-bond acceptors (Lipinski definition) is 6. The normalized spacial score (nSPS) is 9.41. The molecule has 0 amide bonds. The number of rotatable bonds is 3. The quantitative estimate of drug-likeness (QED) is 0.481. The Labute approximate surface area is 96.0 Å². The Kier molecular flexibility index (Phi) is 3.62. The molecule has 1 aromatic rings. The zero-order valence-corrected chi connectivity index (χ0v) is 8.84. The van der Waals surface area contributed by atoms with E-state index in [0.29, 0.717) is 0 Å². The van der Waals surface area contributed by atoms with Gasteiger partial charge >= 0.3 is 11.7 Å². The van der Waals surface area contributed by atoms with Crippen LogP contribution in [0.5, 0.6) is 5.75 Å². The molecular formula is C10H8N2O5. The van der Waals surface area contributed by atoms with Crippen molar-refractivity contribution in [3.63, 3.8) is 0 Å². The molecule has 0 aromatic heterocycles. The van der Waals surface area contributed by atoms with E-state index in [2.05, 4.69) is 4.74 Å². The lowest BCUT2D eigenvalue weighted by atomic mass is 10.1. The topological polar surface area (TPSA) is 113 Å². The van der Waals surface area contributed by atoms with E-state index in [9.17, 15) is 20.0 Å². The molecule has 0 fully saturated rings. The highest BCUT2D eigenvalue weighted by molar-refractivity contribution is 5.95. The second-order valence-electron chi connectivity index (χ2n) is 2.95. The summed E-state index contributed by atoms with van der Waals surface area (Å²) >= 11 is 0. The number of hydrogen-bond donors (Lipinski definition) is 1. The van der Waals surface area contributed by atoms with Crippen LogP contribution in [0.15, 0.2) is 12.1 Å². The fourth-order valence-electron chi connectivity index (χ4n) is 1.25. The van der Waals surface area contributed by atoms with Crippen molar-refractivity contribution in [2.75, 3.05) is 6.61 Å². The largest absolute Gasteiger partial charge is 0.506 e. The first-order valence-corrected chi connectivity index (χ1v) is 4.60. The number of ether oxygens (including phenoxy) is 1. The predicted octanol–water partition coefficient (Wildman–Crippen LogP) is 1.35. The summed E-state index contributed by atoms with van der Waals surface area (Å²) in [5.74, 6) is -1.46. The fourth-order valence-corrected chi connectivity index (χ4v) is 1.25. The molecule has 0 saturated carbocycles. The van der Waals surface area contributed by atoms with Crippen LogP contribution >= 0.6 is 0 Å². The number of esters is 1. The molecular weight excluding hydrogens is 228 g/mol. The molecule has 0 spiro atoms. The van der Waals surface area contributed by atoms with Gasteiger partial charge in [0.05, 0.1) is 11.5 Å². The zero-order chi connectivity index (χ0) is 13.0. The molecule has 1 N–H and O–H groups in total. The number of nitro benzene ring substituents is 1. The van der Waals surface area contributed by atoms with Crippen LogP contribution in [0, 0.1) is 21.4 Å². The third-order valence-corrected chi connectivity index (χ3v) is 1.95. The molecule has 0 unspecified atom stereocenters. The SMILES string of the molecule is CCOC(=O)c1ccc(O)c(C#N)c1[N+](=O)[O-]. The molecule has 0 aliphatic rings. The summed E-state index contributed by atoms with van der Waals surface area (Å²) in [6.45, 7) is 1.61. The van der Waals surface area contributed by atoms with Gasteiger partial charge in [0, 0.05) is 0 Å². The third kappa shape index (κ3) is 2.31. The number of nitriles is 1. The van der Waals surface area contributed by atoms with E-state index >= 15 is 0 Å². The van der Waals surface area contributed by atoms with Gasteiger partial charge in [-0.25, -0.2) is 4.79 Å². The standard InChI is InChI=1S/C10H8N2O5/c1-2-17-10(14)6-3-4-8(13)7(5-11)9(6)12(15)16/h3-4,13H,2H2,1H3. The van der Waals surface area contributed by atoms with E-state index in [1.54, 1.807) is 6.92 Å². The second-order valence-corrected chi connectivity index (χ2v) is 2.95. The average molecular weight is 236 g/mol. The number of carbonyl (C=O) groups is 1. The van der Waals surface area contributed by atoms with Crippen molar-refractivity contribution in [3.8, 4) is 11.8 Å². The molecule has 0 aliphatic heterocycles. The van der Waals surface area contributed by atoms with Crippen molar-refractivity contribution in [1.29, 1.82) is 5.26 Å². The number of phenolic OH excluding ortho intramolecular Hbond substituents is 1. The lowest BCUT2D eigenvalue weighted by Crippen LogP contribution is -2.09. The van der Waals surface area contributed by atoms with Crippen molar-refractivity contribution in [2.45, 2.75) is 6.92 Å². The number of carbonyl (C=O) groups excluding carboxylic acids is 1. The van der Waals surface area contributed by atoms with Crippen LogP contribution in [0.1, 0.15) is 22.8 Å². The minimum absolute atomic E-state index is 0.0543. The van der Waals surface area contributed by atoms with Crippen molar-refractivity contribution >= 4 is 11.7 Å². The number of benzene rings is 1. The van der Waals surface area contributed by atoms with Crippen molar-refractivity contribution in [1.82, 2.24) is 0 Å². The number of aromatic hydroxyl groups is 1. The molecule has 88 valence electrons. The van der Waals surface area contributed by atoms with E-state index < -0.39 is 27.9 Å². The number of nitro groups is 1. The Hall–Kier alpha value is -2.62. The summed E-state index contributed by atoms with van der Waals surface area (Å²) in [4.78, 5) is 21.3. The third-order valence-electron chi connectivity index (χ3n) is 1.95. The van der Waals surface area contributed by atoms with E-state index in [-0.39, 0.29) is 12.2 Å². The molecule has 7 heteroatoms. The summed E-state index contributed by atoms with van der Waals surface area (Å²) in [7, 11) is 0. The van der Waals surface area contributed by atoms with Crippen LogP contribution < -0.4 is 0 Å². The van der Waals surface area contributed by atoms with Crippen LogP contribution in [-0.2, 0) is 4.74 Å². The van der Waals surface area contributed by atoms with Crippen molar-refractivity contribution in [3.05, 3.63) is 33.4 Å². The summed E-state index contributed by atoms with van der Waals surface area (Å²) in [5.41, 5.74) is -1.65. The van der Waals surface area contributed by atoms with Crippen LogP contribution in [0.4, 0.5) is 5.69 Å². The number of nitrogens with zero attached hydrogens (tertiary/aromatic N) is 2. The first kappa shape index (κ1) is 12.4. The van der Waals surface area contributed by atoms with Crippen molar-refractivity contribution in [2.24, 2.45) is 0 Å². The minimum Gasteiger partial charge on any atom is -0.506 e. The average Bonchev–Trinajstić information content (AvgIpc) is 2.28. The van der Waals surface area contributed by atoms with Gasteiger partial charge in [0.25, 0.3) is 0 Å². The lowest BCUT2D eigenvalue weighted by molar-refractivity contribution is -0.385. The highest BCUT2D eigenvalue weighted by atomic mass is 16.6. The van der Waals surface area contributed by atoms with Crippen molar-refractivity contribution < 1.29 is 19.6 Å². The first-order valence-electron chi connectivity index (χ1n) is 4.60. The Morgan fingerprint density at radius 1 is 1.65 bits per heavy atom. The monoisotopic (exact) mass is 236 g/mol. The van der Waals surface area contributed by atoms with Gasteiger partial charge in [-0.2, -0.15) is 5.26 Å². The van der Waals surface area contributed by atoms with Gasteiger partial charge in [0.1, 0.15) is 17.4 Å². The van der Waals surface area contributed by atoms with Gasteiger partial charge in [-0.05, 0) is 19.1 Å². The highest BCUT2D eigenvalue weighted by Gasteiger charge is 2.28. The first-order chi connectivity index (χ1) is 8.02. The molecule has 0 bridgehead atoms. The number of phenols is 1. The molecule has 0 heterocycles. The molecule has 0 saturated heterocycles. The van der Waals surface area contributed by atoms with Gasteiger partial charge in [0.2, 0.25) is 0 Å². The Morgan fingerprint density at radius 3 is 2.76 bits per heavy atom. The summed E-state index contributed by atoms with van der Waals surface area (Å²) in [6, 6.07) is 3.57. The van der Waals surface area contributed by atoms with E-state index in [1.165, 1.54) is 6.07 Å². The van der Waals surface area contributed by atoms with Gasteiger partial charge in [0.15, 0.2) is 5.56 Å². The zero-order valence-electron chi connectivity index (χ0n) is 8.84. The molecule has 7 nitrogen and oxygen atoms in total. The van der Waals surface area contributed by atoms with E-state index in [4.69, 9.17) is 5.26 Å². The summed E-state index contributed by atoms with van der Waals surface area (Å²) in [6.07, 6.45) is 0. The second kappa shape index (κ2) is 4.94. The van der Waals surface area contributed by atoms with E-state index in [0.717, 1.165) is 12.1 Å². The van der Waals surface area contributed by atoms with Gasteiger partial charge in [-0.3, -0.25) is 10.1 Å². The Balaban J connectivity index is 3.47.